The number of nitrogens with zero attached hydrogens (tertiary/aromatic N) is 2. The summed E-state index contributed by atoms with van der Waals surface area (Å²) < 4.78 is 0. The van der Waals surface area contributed by atoms with E-state index in [0.717, 1.165) is 4.90 Å². The molecule has 0 radical (unpaired) electrons. The number of hydrogen-bond donors (Lipinski definition) is 2. The second-order valence-corrected chi connectivity index (χ2v) is 3.09. The normalized spacial score (nSPS) is 21.4. The molecule has 0 aromatic carbocycles. The monoisotopic (exact) mass is 207 g/mol. The fraction of sp³-hybridized carbons (Fsp3) is 0.222. The van der Waals surface area contributed by atoms with Crippen molar-refractivity contribution < 1.29 is 14.7 Å². The number of aliphatic hydroxyl groups excluding tert-OH is 1. The van der Waals surface area contributed by atoms with Crippen molar-refractivity contribution in [2.45, 2.75) is 12.8 Å². The Kier molecular flexibility index (Phi) is 2.34. The minimum Gasteiger partial charge on any atom is -0.356 e. The van der Waals surface area contributed by atoms with Crippen LogP contribution in [0.15, 0.2) is 24.5 Å². The standard InChI is InChI=1S/C9H9N3O3/c13-7-4-8(14)12(9(15)11-7)6-2-1-3-10-5-6/h1-3,5,9,15H,4H2,(H,11,13). The highest BCUT2D eigenvalue weighted by Crippen LogP contribution is 2.17. The summed E-state index contributed by atoms with van der Waals surface area (Å²) in [6.07, 6.45) is 1.43. The van der Waals surface area contributed by atoms with Gasteiger partial charge < -0.3 is 10.4 Å². The number of aliphatic hydroxyl groups is 1. The van der Waals surface area contributed by atoms with Crippen LogP contribution in [0.5, 0.6) is 0 Å². The summed E-state index contributed by atoms with van der Waals surface area (Å²) in [7, 11) is 0. The van der Waals surface area contributed by atoms with Gasteiger partial charge in [0.15, 0.2) is 0 Å². The topological polar surface area (TPSA) is 82.5 Å². The third-order valence-electron chi connectivity index (χ3n) is 2.04. The Morgan fingerprint density at radius 2 is 2.33 bits per heavy atom. The van der Waals surface area contributed by atoms with Crippen molar-refractivity contribution in [1.29, 1.82) is 0 Å². The molecule has 0 saturated carbocycles. The molecule has 1 unspecified atom stereocenters. The number of hydrogen-bond acceptors (Lipinski definition) is 4. The first-order chi connectivity index (χ1) is 7.18. The van der Waals surface area contributed by atoms with Crippen LogP contribution in [-0.4, -0.2) is 28.3 Å². The van der Waals surface area contributed by atoms with Gasteiger partial charge in [-0.3, -0.25) is 19.5 Å². The molecule has 1 aliphatic heterocycles. The molecular weight excluding hydrogens is 198 g/mol. The molecule has 1 atom stereocenters. The Balaban J connectivity index is 2.29. The molecule has 2 rings (SSSR count). The van der Waals surface area contributed by atoms with Crippen molar-refractivity contribution in [3.63, 3.8) is 0 Å². The van der Waals surface area contributed by atoms with Gasteiger partial charge in [0.1, 0.15) is 6.42 Å². The number of nitrogens with one attached hydrogen (secondary N) is 1. The van der Waals surface area contributed by atoms with Crippen molar-refractivity contribution in [1.82, 2.24) is 10.3 Å². The van der Waals surface area contributed by atoms with Crippen LogP contribution in [0.4, 0.5) is 5.69 Å². The summed E-state index contributed by atoms with van der Waals surface area (Å²) in [6.45, 7) is 0. The molecule has 0 bridgehead atoms. The van der Waals surface area contributed by atoms with Crippen molar-refractivity contribution in [2.24, 2.45) is 0 Å². The molecular formula is C9H9N3O3. The molecule has 0 aliphatic carbocycles. The van der Waals surface area contributed by atoms with Gasteiger partial charge in [0.2, 0.25) is 18.2 Å². The van der Waals surface area contributed by atoms with Crippen LogP contribution in [0, 0.1) is 0 Å². The Morgan fingerprint density at radius 1 is 1.53 bits per heavy atom. The zero-order valence-electron chi connectivity index (χ0n) is 7.75. The van der Waals surface area contributed by atoms with Crippen LogP contribution < -0.4 is 10.2 Å². The van der Waals surface area contributed by atoms with Crippen LogP contribution in [-0.2, 0) is 9.59 Å². The Hall–Kier alpha value is -1.95. The van der Waals surface area contributed by atoms with Gasteiger partial charge in [-0.05, 0) is 12.1 Å². The maximum absolute atomic E-state index is 11.5. The predicted molar refractivity (Wildman–Crippen MR) is 50.5 cm³/mol. The van der Waals surface area contributed by atoms with E-state index >= 15 is 0 Å². The van der Waals surface area contributed by atoms with Gasteiger partial charge in [0, 0.05) is 6.20 Å². The zero-order chi connectivity index (χ0) is 10.8. The Bertz CT molecular complexity index is 393. The molecule has 15 heavy (non-hydrogen) atoms. The van der Waals surface area contributed by atoms with E-state index in [1.54, 1.807) is 18.3 Å². The third kappa shape index (κ3) is 1.79. The fourth-order valence-electron chi connectivity index (χ4n) is 1.40. The zero-order valence-corrected chi connectivity index (χ0v) is 7.75. The SMILES string of the molecule is O=C1CC(=O)N(c2cccnc2)C(O)N1. The molecule has 1 aromatic rings. The highest BCUT2D eigenvalue weighted by Gasteiger charge is 2.31. The van der Waals surface area contributed by atoms with Gasteiger partial charge >= 0.3 is 0 Å². The smallest absolute Gasteiger partial charge is 0.240 e. The number of pyridine rings is 1. The fourth-order valence-corrected chi connectivity index (χ4v) is 1.40. The van der Waals surface area contributed by atoms with Crippen LogP contribution in [0.1, 0.15) is 6.42 Å². The number of anilines is 1. The molecule has 78 valence electrons. The lowest BCUT2D eigenvalue weighted by atomic mass is 10.2. The average Bonchev–Trinajstić information content (AvgIpc) is 2.17. The summed E-state index contributed by atoms with van der Waals surface area (Å²) in [6, 6.07) is 3.28. The molecule has 6 nitrogen and oxygen atoms in total. The predicted octanol–water partition coefficient (Wildman–Crippen LogP) is -0.790. The lowest BCUT2D eigenvalue weighted by molar-refractivity contribution is -0.135. The van der Waals surface area contributed by atoms with Gasteiger partial charge in [-0.15, -0.1) is 0 Å². The first-order valence-electron chi connectivity index (χ1n) is 4.38. The molecule has 0 spiro atoms. The molecule has 1 aliphatic rings. The summed E-state index contributed by atoms with van der Waals surface area (Å²) in [5.41, 5.74) is 0.454. The number of aromatic nitrogens is 1. The summed E-state index contributed by atoms with van der Waals surface area (Å²) in [5.74, 6) is -0.924. The summed E-state index contributed by atoms with van der Waals surface area (Å²) in [5, 5.41) is 11.8. The van der Waals surface area contributed by atoms with E-state index in [-0.39, 0.29) is 6.42 Å². The molecule has 2 heterocycles. The second kappa shape index (κ2) is 3.66. The Labute approximate surface area is 85.5 Å². The van der Waals surface area contributed by atoms with Crippen molar-refractivity contribution in [3.8, 4) is 0 Å². The van der Waals surface area contributed by atoms with Crippen LogP contribution >= 0.6 is 0 Å². The molecule has 1 fully saturated rings. The van der Waals surface area contributed by atoms with Gasteiger partial charge in [0.25, 0.3) is 0 Å². The maximum Gasteiger partial charge on any atom is 0.240 e. The molecule has 1 aromatic heterocycles. The molecule has 1 saturated heterocycles. The minimum absolute atomic E-state index is 0.258. The van der Waals surface area contributed by atoms with E-state index < -0.39 is 18.2 Å². The lowest BCUT2D eigenvalue weighted by Gasteiger charge is -2.31. The van der Waals surface area contributed by atoms with Crippen molar-refractivity contribution in [2.75, 3.05) is 4.90 Å². The lowest BCUT2D eigenvalue weighted by Crippen LogP contribution is -2.57. The third-order valence-corrected chi connectivity index (χ3v) is 2.04. The Morgan fingerprint density at radius 3 is 2.93 bits per heavy atom. The van der Waals surface area contributed by atoms with Gasteiger partial charge in [0.05, 0.1) is 11.9 Å². The van der Waals surface area contributed by atoms with E-state index in [1.165, 1.54) is 6.20 Å². The van der Waals surface area contributed by atoms with Crippen molar-refractivity contribution >= 4 is 17.5 Å². The largest absolute Gasteiger partial charge is 0.356 e. The minimum atomic E-state index is -1.32. The van der Waals surface area contributed by atoms with Crippen molar-refractivity contribution in [3.05, 3.63) is 24.5 Å². The van der Waals surface area contributed by atoms with E-state index in [4.69, 9.17) is 0 Å². The number of amides is 2. The summed E-state index contributed by atoms with van der Waals surface area (Å²) in [4.78, 5) is 27.3. The first kappa shape index (κ1) is 9.60. The average molecular weight is 207 g/mol. The number of rotatable bonds is 1. The quantitative estimate of drug-likeness (QED) is 0.591. The van der Waals surface area contributed by atoms with Crippen LogP contribution in [0.2, 0.25) is 0 Å². The van der Waals surface area contributed by atoms with E-state index in [0.29, 0.717) is 5.69 Å². The maximum atomic E-state index is 11.5. The van der Waals surface area contributed by atoms with E-state index in [9.17, 15) is 14.7 Å². The van der Waals surface area contributed by atoms with Gasteiger partial charge in [-0.1, -0.05) is 0 Å². The molecule has 2 N–H and O–H groups in total. The number of carbonyl (C=O) groups excluding carboxylic acids is 2. The van der Waals surface area contributed by atoms with Gasteiger partial charge in [-0.25, -0.2) is 0 Å². The molecule has 2 amide bonds. The van der Waals surface area contributed by atoms with Gasteiger partial charge in [-0.2, -0.15) is 0 Å². The second-order valence-electron chi connectivity index (χ2n) is 3.09. The highest BCUT2D eigenvalue weighted by atomic mass is 16.3. The highest BCUT2D eigenvalue weighted by molar-refractivity contribution is 6.07. The van der Waals surface area contributed by atoms with Crippen LogP contribution in [0.3, 0.4) is 0 Å². The summed E-state index contributed by atoms with van der Waals surface area (Å²) >= 11 is 0. The number of carbonyl (C=O) groups is 2. The van der Waals surface area contributed by atoms with E-state index in [1.807, 2.05) is 0 Å². The molecule has 6 heteroatoms. The first-order valence-corrected chi connectivity index (χ1v) is 4.38. The van der Waals surface area contributed by atoms with E-state index in [2.05, 4.69) is 10.3 Å². The van der Waals surface area contributed by atoms with Crippen LogP contribution in [0.25, 0.3) is 0 Å².